The lowest BCUT2D eigenvalue weighted by molar-refractivity contribution is 0.276. The van der Waals surface area contributed by atoms with Gasteiger partial charge >= 0.3 is 0 Å². The van der Waals surface area contributed by atoms with E-state index in [-0.39, 0.29) is 18.1 Å². The Hall–Kier alpha value is -5.36. The molecule has 0 bridgehead atoms. The van der Waals surface area contributed by atoms with Gasteiger partial charge in [-0.1, -0.05) is 30.3 Å². The van der Waals surface area contributed by atoms with Crippen LogP contribution in [0.2, 0.25) is 0 Å². The Morgan fingerprint density at radius 3 is 2.67 bits per heavy atom. The third kappa shape index (κ3) is 4.83. The van der Waals surface area contributed by atoms with E-state index >= 15 is 0 Å². The predicted molar refractivity (Wildman–Crippen MR) is 145 cm³/mol. The number of rotatable bonds is 8. The SMILES string of the molecule is Cn1[nH]c(=O)c2ccc(Nc3cc(N[C@H](CO)c4ccccc4)c(-c4nnc(-c5cccnc5)o4)cn3)nc21. The molecule has 0 aliphatic carbocycles. The third-order valence-electron chi connectivity index (χ3n) is 6.14. The number of H-pyrrole nitrogens is 1. The number of hydrogen-bond donors (Lipinski definition) is 4. The van der Waals surface area contributed by atoms with E-state index in [9.17, 15) is 9.90 Å². The van der Waals surface area contributed by atoms with Crippen LogP contribution in [0.15, 0.2) is 88.5 Å². The molecule has 4 N–H and O–H groups in total. The molecular formula is C27H23N9O3. The average Bonchev–Trinajstić information content (AvgIpc) is 3.57. The number of aliphatic hydroxyl groups excluding tert-OH is 1. The second-order valence-corrected chi connectivity index (χ2v) is 8.75. The average molecular weight is 522 g/mol. The maximum atomic E-state index is 12.0. The van der Waals surface area contributed by atoms with Gasteiger partial charge in [-0.15, -0.1) is 10.2 Å². The molecule has 5 heterocycles. The Labute approximate surface area is 221 Å². The lowest BCUT2D eigenvalue weighted by Crippen LogP contribution is -2.15. The maximum absolute atomic E-state index is 12.0. The minimum atomic E-state index is -0.412. The highest BCUT2D eigenvalue weighted by atomic mass is 16.4. The summed E-state index contributed by atoms with van der Waals surface area (Å²) in [4.78, 5) is 25.2. The molecule has 6 rings (SSSR count). The zero-order valence-electron chi connectivity index (χ0n) is 20.7. The second-order valence-electron chi connectivity index (χ2n) is 8.75. The molecule has 1 atom stereocenters. The zero-order valence-corrected chi connectivity index (χ0v) is 20.7. The van der Waals surface area contributed by atoms with Gasteiger partial charge in [0.1, 0.15) is 11.6 Å². The summed E-state index contributed by atoms with van der Waals surface area (Å²) in [6.45, 7) is -0.154. The summed E-state index contributed by atoms with van der Waals surface area (Å²) in [5.41, 5.74) is 3.05. The van der Waals surface area contributed by atoms with Crippen LogP contribution in [0, 0.1) is 0 Å². The van der Waals surface area contributed by atoms with Crippen LogP contribution in [-0.2, 0) is 7.05 Å². The number of aryl methyl sites for hydroxylation is 1. The van der Waals surface area contributed by atoms with Crippen LogP contribution < -0.4 is 16.2 Å². The molecule has 0 spiro atoms. The maximum Gasteiger partial charge on any atom is 0.273 e. The molecular weight excluding hydrogens is 498 g/mol. The van der Waals surface area contributed by atoms with E-state index in [1.165, 1.54) is 0 Å². The van der Waals surface area contributed by atoms with E-state index in [0.29, 0.717) is 45.4 Å². The molecule has 12 nitrogen and oxygen atoms in total. The Morgan fingerprint density at radius 1 is 1.03 bits per heavy atom. The molecule has 0 radical (unpaired) electrons. The topological polar surface area (TPSA) is 160 Å². The number of aromatic nitrogens is 7. The lowest BCUT2D eigenvalue weighted by Gasteiger charge is -2.20. The fourth-order valence-corrected chi connectivity index (χ4v) is 4.21. The first-order chi connectivity index (χ1) is 19.1. The third-order valence-corrected chi connectivity index (χ3v) is 6.14. The fourth-order valence-electron chi connectivity index (χ4n) is 4.21. The van der Waals surface area contributed by atoms with Crippen LogP contribution in [0.4, 0.5) is 17.3 Å². The van der Waals surface area contributed by atoms with E-state index in [2.05, 4.69) is 40.9 Å². The number of aromatic amines is 1. The van der Waals surface area contributed by atoms with Crippen molar-refractivity contribution in [3.8, 4) is 22.9 Å². The van der Waals surface area contributed by atoms with Crippen molar-refractivity contribution in [3.05, 3.63) is 95.2 Å². The van der Waals surface area contributed by atoms with E-state index in [1.54, 1.807) is 54.6 Å². The smallest absolute Gasteiger partial charge is 0.273 e. The summed E-state index contributed by atoms with van der Waals surface area (Å²) in [6, 6.07) is 18.0. The van der Waals surface area contributed by atoms with Gasteiger partial charge in [0.05, 0.1) is 34.8 Å². The Kier molecular flexibility index (Phi) is 6.27. The number of pyridine rings is 3. The first kappa shape index (κ1) is 24.0. The molecule has 1 aromatic carbocycles. The molecule has 194 valence electrons. The van der Waals surface area contributed by atoms with Crippen molar-refractivity contribution in [3.63, 3.8) is 0 Å². The normalized spacial score (nSPS) is 11.9. The fraction of sp³-hybridized carbons (Fsp3) is 0.111. The quantitative estimate of drug-likeness (QED) is 0.233. The van der Waals surface area contributed by atoms with Gasteiger partial charge in [0.2, 0.25) is 5.89 Å². The van der Waals surface area contributed by atoms with Crippen molar-refractivity contribution in [1.82, 2.24) is 34.9 Å². The molecule has 39 heavy (non-hydrogen) atoms. The highest BCUT2D eigenvalue weighted by molar-refractivity contribution is 5.79. The molecule has 5 aromatic heterocycles. The molecule has 0 aliphatic heterocycles. The predicted octanol–water partition coefficient (Wildman–Crippen LogP) is 3.66. The van der Waals surface area contributed by atoms with E-state index in [0.717, 1.165) is 5.56 Å². The van der Waals surface area contributed by atoms with Gasteiger partial charge in [-0.25, -0.2) is 9.97 Å². The lowest BCUT2D eigenvalue weighted by atomic mass is 10.1. The number of fused-ring (bicyclic) bond motifs is 1. The van der Waals surface area contributed by atoms with Crippen molar-refractivity contribution >= 4 is 28.4 Å². The first-order valence-corrected chi connectivity index (χ1v) is 12.1. The van der Waals surface area contributed by atoms with Gasteiger partial charge < -0.3 is 20.2 Å². The van der Waals surface area contributed by atoms with Crippen molar-refractivity contribution in [2.45, 2.75) is 6.04 Å². The Bertz CT molecular complexity index is 1800. The van der Waals surface area contributed by atoms with Gasteiger partial charge in [0.25, 0.3) is 11.4 Å². The first-order valence-electron chi connectivity index (χ1n) is 12.1. The highest BCUT2D eigenvalue weighted by Crippen LogP contribution is 2.33. The molecule has 6 aromatic rings. The van der Waals surface area contributed by atoms with Crippen LogP contribution >= 0.6 is 0 Å². The monoisotopic (exact) mass is 521 g/mol. The van der Waals surface area contributed by atoms with Crippen molar-refractivity contribution in [2.24, 2.45) is 7.05 Å². The molecule has 12 heteroatoms. The van der Waals surface area contributed by atoms with Gasteiger partial charge in [-0.2, -0.15) is 0 Å². The number of aliphatic hydroxyl groups is 1. The van der Waals surface area contributed by atoms with Gasteiger partial charge in [0.15, 0.2) is 5.65 Å². The number of hydrogen-bond acceptors (Lipinski definition) is 10. The van der Waals surface area contributed by atoms with Crippen LogP contribution in [0.5, 0.6) is 0 Å². The summed E-state index contributed by atoms with van der Waals surface area (Å²) in [6.07, 6.45) is 4.91. The van der Waals surface area contributed by atoms with Crippen LogP contribution in [0.25, 0.3) is 33.9 Å². The number of nitrogens with zero attached hydrogens (tertiary/aromatic N) is 6. The number of benzene rings is 1. The summed E-state index contributed by atoms with van der Waals surface area (Å²) in [5, 5.41) is 28.4. The Morgan fingerprint density at radius 2 is 1.87 bits per heavy atom. The molecule has 0 unspecified atom stereocenters. The zero-order chi connectivity index (χ0) is 26.8. The minimum absolute atomic E-state index is 0.154. The molecule has 0 fully saturated rings. The van der Waals surface area contributed by atoms with Crippen LogP contribution in [-0.4, -0.2) is 46.6 Å². The molecule has 0 saturated carbocycles. The van der Waals surface area contributed by atoms with Crippen molar-refractivity contribution in [2.75, 3.05) is 17.2 Å². The summed E-state index contributed by atoms with van der Waals surface area (Å²) >= 11 is 0. The second kappa shape index (κ2) is 10.2. The molecule has 0 saturated heterocycles. The van der Waals surface area contributed by atoms with Gasteiger partial charge in [-0.3, -0.25) is 19.6 Å². The van der Waals surface area contributed by atoms with E-state index in [4.69, 9.17) is 4.42 Å². The summed E-state index contributed by atoms with van der Waals surface area (Å²) in [5.74, 6) is 1.55. The summed E-state index contributed by atoms with van der Waals surface area (Å²) < 4.78 is 7.53. The number of anilines is 3. The largest absolute Gasteiger partial charge is 0.416 e. The minimum Gasteiger partial charge on any atom is -0.416 e. The molecule has 0 amide bonds. The Balaban J connectivity index is 1.38. The van der Waals surface area contributed by atoms with Gasteiger partial charge in [0, 0.05) is 31.7 Å². The number of nitrogens with one attached hydrogen (secondary N) is 3. The van der Waals surface area contributed by atoms with Crippen molar-refractivity contribution < 1.29 is 9.52 Å². The van der Waals surface area contributed by atoms with Gasteiger partial charge in [-0.05, 0) is 29.8 Å². The van der Waals surface area contributed by atoms with E-state index < -0.39 is 6.04 Å². The summed E-state index contributed by atoms with van der Waals surface area (Å²) in [7, 11) is 1.72. The standard InChI is InChI=1S/C27H23N9O3/c1-36-24-18(25(38)35-36)9-10-22(32-24)31-23-12-20(30-21(15-37)16-6-3-2-4-7-16)19(14-29-23)27-34-33-26(39-27)17-8-5-11-28-13-17/h2-14,21,37H,15H2,1H3,(H,35,38)(H2,29,30,31,32)/t21-/m1/s1. The van der Waals surface area contributed by atoms with E-state index in [1.807, 2.05) is 36.4 Å². The van der Waals surface area contributed by atoms with Crippen molar-refractivity contribution in [1.29, 1.82) is 0 Å². The van der Waals surface area contributed by atoms with Crippen LogP contribution in [0.1, 0.15) is 11.6 Å². The highest BCUT2D eigenvalue weighted by Gasteiger charge is 2.19. The molecule has 0 aliphatic rings. The van der Waals surface area contributed by atoms with Crippen LogP contribution in [0.3, 0.4) is 0 Å².